The van der Waals surface area contributed by atoms with Crippen molar-refractivity contribution in [3.05, 3.63) is 64.6 Å². The Morgan fingerprint density at radius 1 is 0.765 bits per heavy atom. The maximum absolute atomic E-state index is 11.3. The van der Waals surface area contributed by atoms with E-state index < -0.39 is 0 Å². The van der Waals surface area contributed by atoms with Gasteiger partial charge in [-0.1, -0.05) is 99.6 Å². The van der Waals surface area contributed by atoms with Crippen molar-refractivity contribution in [3.63, 3.8) is 0 Å². The number of nitrogens with zero attached hydrogens (tertiary/aromatic N) is 2. The first-order valence-electron chi connectivity index (χ1n) is 13.7. The molecule has 0 aliphatic carbocycles. The first kappa shape index (κ1) is 33.7. The number of hydrogen-bond donors (Lipinski definition) is 0. The third-order valence-corrected chi connectivity index (χ3v) is 4.72. The molecular formula is C30H52N2O2. The van der Waals surface area contributed by atoms with Crippen LogP contribution < -0.4 is 10.7 Å². The molecule has 0 unspecified atom stereocenters. The molecule has 4 rings (SSSR count). The van der Waals surface area contributed by atoms with Gasteiger partial charge in [0, 0.05) is 25.3 Å². The van der Waals surface area contributed by atoms with E-state index in [0.717, 1.165) is 18.5 Å². The van der Waals surface area contributed by atoms with Crippen molar-refractivity contribution >= 4 is 16.8 Å². The lowest BCUT2D eigenvalue weighted by Gasteiger charge is -2.30. The molecule has 194 valence electrons. The quantitative estimate of drug-likeness (QED) is 0.380. The molecule has 0 spiro atoms. The van der Waals surface area contributed by atoms with Gasteiger partial charge in [0.2, 0.25) is 0 Å². The summed E-state index contributed by atoms with van der Waals surface area (Å²) in [6.07, 6.45) is 4.76. The first-order valence-corrected chi connectivity index (χ1v) is 13.7. The summed E-state index contributed by atoms with van der Waals surface area (Å²) in [5, 5.41) is 0. The van der Waals surface area contributed by atoms with E-state index in [1.807, 2.05) is 86.6 Å². The van der Waals surface area contributed by atoms with Crippen LogP contribution in [-0.4, -0.2) is 17.7 Å². The van der Waals surface area contributed by atoms with Crippen LogP contribution in [0.4, 0.5) is 5.69 Å². The van der Waals surface area contributed by atoms with E-state index in [1.165, 1.54) is 43.6 Å². The molecule has 2 heterocycles. The van der Waals surface area contributed by atoms with Crippen LogP contribution in [0.5, 0.6) is 0 Å². The minimum atomic E-state index is -0.261. The summed E-state index contributed by atoms with van der Waals surface area (Å²) in [7, 11) is 0. The zero-order chi connectivity index (χ0) is 26.4. The SMILES string of the molecule is CC.CC.CC.CC.CCCN1CCCc2ccccc21.CCCn1c(=O)oc2ccccc21. The highest BCUT2D eigenvalue weighted by Crippen LogP contribution is 2.26. The van der Waals surface area contributed by atoms with Crippen LogP contribution >= 0.6 is 0 Å². The summed E-state index contributed by atoms with van der Waals surface area (Å²) in [6.45, 7) is 23.4. The van der Waals surface area contributed by atoms with Crippen LogP contribution in [-0.2, 0) is 13.0 Å². The molecule has 0 saturated heterocycles. The second kappa shape index (κ2) is 22.3. The van der Waals surface area contributed by atoms with E-state index in [1.54, 1.807) is 4.57 Å². The zero-order valence-corrected chi connectivity index (χ0v) is 23.8. The van der Waals surface area contributed by atoms with E-state index in [-0.39, 0.29) is 5.76 Å². The molecular weight excluding hydrogens is 420 g/mol. The normalized spacial score (nSPS) is 10.8. The molecule has 0 fully saturated rings. The summed E-state index contributed by atoms with van der Waals surface area (Å²) >= 11 is 0. The van der Waals surface area contributed by atoms with E-state index in [4.69, 9.17) is 4.42 Å². The molecule has 0 radical (unpaired) electrons. The fourth-order valence-corrected chi connectivity index (χ4v) is 3.56. The third-order valence-electron chi connectivity index (χ3n) is 4.72. The van der Waals surface area contributed by atoms with Crippen LogP contribution in [0, 0.1) is 0 Å². The van der Waals surface area contributed by atoms with Gasteiger partial charge in [-0.2, -0.15) is 0 Å². The lowest BCUT2D eigenvalue weighted by atomic mass is 10.0. The fraction of sp³-hybridized carbons (Fsp3) is 0.567. The Morgan fingerprint density at radius 2 is 1.32 bits per heavy atom. The summed E-state index contributed by atoms with van der Waals surface area (Å²) in [4.78, 5) is 13.8. The molecule has 2 aromatic carbocycles. The maximum Gasteiger partial charge on any atom is 0.419 e. The number of para-hydroxylation sites is 3. The van der Waals surface area contributed by atoms with E-state index >= 15 is 0 Å². The first-order chi connectivity index (χ1) is 16.7. The molecule has 34 heavy (non-hydrogen) atoms. The summed E-state index contributed by atoms with van der Waals surface area (Å²) < 4.78 is 6.72. The van der Waals surface area contributed by atoms with E-state index in [9.17, 15) is 4.79 Å². The van der Waals surface area contributed by atoms with Crippen LogP contribution in [0.15, 0.2) is 57.7 Å². The van der Waals surface area contributed by atoms with Gasteiger partial charge in [-0.3, -0.25) is 4.57 Å². The topological polar surface area (TPSA) is 38.4 Å². The van der Waals surface area contributed by atoms with Gasteiger partial charge in [0.1, 0.15) is 0 Å². The predicted molar refractivity (Wildman–Crippen MR) is 153 cm³/mol. The lowest BCUT2D eigenvalue weighted by Crippen LogP contribution is -2.29. The Hall–Kier alpha value is -2.49. The molecule has 0 N–H and O–H groups in total. The molecule has 0 amide bonds. The van der Waals surface area contributed by atoms with Gasteiger partial charge in [-0.25, -0.2) is 4.79 Å². The van der Waals surface area contributed by atoms with Gasteiger partial charge in [-0.05, 0) is 49.4 Å². The summed E-state index contributed by atoms with van der Waals surface area (Å²) in [6, 6.07) is 16.3. The van der Waals surface area contributed by atoms with Crippen molar-refractivity contribution < 1.29 is 4.42 Å². The van der Waals surface area contributed by atoms with Gasteiger partial charge < -0.3 is 9.32 Å². The number of hydrogen-bond acceptors (Lipinski definition) is 3. The average Bonchev–Trinajstić information content (AvgIpc) is 3.25. The number of fused-ring (bicyclic) bond motifs is 2. The van der Waals surface area contributed by atoms with Crippen molar-refractivity contribution in [2.24, 2.45) is 0 Å². The Kier molecular flexibility index (Phi) is 22.1. The number of rotatable bonds is 4. The Morgan fingerprint density at radius 3 is 1.94 bits per heavy atom. The van der Waals surface area contributed by atoms with Crippen LogP contribution in [0.2, 0.25) is 0 Å². The molecule has 4 nitrogen and oxygen atoms in total. The Labute approximate surface area is 210 Å². The standard InChI is InChI=1S/C12H17N.C10H11NO2.4C2H6/c1-2-9-13-10-5-7-11-6-3-4-8-12(11)13;1-2-7-11-8-5-3-4-6-9(8)13-10(11)12;4*1-2/h3-4,6,8H,2,5,7,9-10H2,1H3;3-6H,2,7H2,1H3;4*1-2H3. The highest BCUT2D eigenvalue weighted by Gasteiger charge is 2.14. The molecule has 1 aliphatic rings. The smallest absolute Gasteiger partial charge is 0.408 e. The van der Waals surface area contributed by atoms with Gasteiger partial charge in [0.25, 0.3) is 0 Å². The third kappa shape index (κ3) is 10.6. The molecule has 4 heteroatoms. The number of aromatic nitrogens is 1. The summed E-state index contributed by atoms with van der Waals surface area (Å²) in [5.74, 6) is -0.261. The second-order valence-electron chi connectivity index (χ2n) is 6.71. The molecule has 1 aliphatic heterocycles. The van der Waals surface area contributed by atoms with Gasteiger partial charge >= 0.3 is 5.76 Å². The van der Waals surface area contributed by atoms with Gasteiger partial charge in [-0.15, -0.1) is 0 Å². The van der Waals surface area contributed by atoms with E-state index in [2.05, 4.69) is 36.1 Å². The zero-order valence-electron chi connectivity index (χ0n) is 23.8. The highest BCUT2D eigenvalue weighted by atomic mass is 16.4. The van der Waals surface area contributed by atoms with Crippen molar-refractivity contribution in [1.82, 2.24) is 4.57 Å². The van der Waals surface area contributed by atoms with Crippen molar-refractivity contribution in [2.45, 2.75) is 101 Å². The molecule has 3 aromatic rings. The van der Waals surface area contributed by atoms with E-state index in [0.29, 0.717) is 5.58 Å². The Balaban J connectivity index is 0. The number of benzene rings is 2. The minimum absolute atomic E-state index is 0.261. The lowest BCUT2D eigenvalue weighted by molar-refractivity contribution is 0.502. The Bertz CT molecular complexity index is 896. The van der Waals surface area contributed by atoms with Crippen LogP contribution in [0.3, 0.4) is 0 Å². The fourth-order valence-electron chi connectivity index (χ4n) is 3.56. The molecule has 0 bridgehead atoms. The van der Waals surface area contributed by atoms with Crippen LogP contribution in [0.1, 0.15) is 94.1 Å². The van der Waals surface area contributed by atoms with Gasteiger partial charge in [0.15, 0.2) is 5.58 Å². The van der Waals surface area contributed by atoms with Gasteiger partial charge in [0.05, 0.1) is 5.52 Å². The molecule has 1 aromatic heterocycles. The average molecular weight is 473 g/mol. The second-order valence-corrected chi connectivity index (χ2v) is 6.71. The van der Waals surface area contributed by atoms with Crippen LogP contribution in [0.25, 0.3) is 11.1 Å². The largest absolute Gasteiger partial charge is 0.419 e. The summed E-state index contributed by atoms with van der Waals surface area (Å²) in [5.41, 5.74) is 4.55. The minimum Gasteiger partial charge on any atom is -0.408 e. The highest BCUT2D eigenvalue weighted by molar-refractivity contribution is 5.72. The number of anilines is 1. The molecule has 0 saturated carbocycles. The van der Waals surface area contributed by atoms with Crippen molar-refractivity contribution in [3.8, 4) is 0 Å². The molecule has 0 atom stereocenters. The number of oxazole rings is 1. The van der Waals surface area contributed by atoms with Crippen molar-refractivity contribution in [1.29, 1.82) is 0 Å². The monoisotopic (exact) mass is 472 g/mol. The maximum atomic E-state index is 11.3. The van der Waals surface area contributed by atoms with Crippen molar-refractivity contribution in [2.75, 3.05) is 18.0 Å². The number of aryl methyl sites for hydroxylation is 2. The predicted octanol–water partition coefficient (Wildman–Crippen LogP) is 8.96.